The minimum absolute atomic E-state index is 0.126. The fourth-order valence-electron chi connectivity index (χ4n) is 4.52. The molecule has 2 aromatic carbocycles. The van der Waals surface area contributed by atoms with Crippen LogP contribution in [0.4, 0.5) is 0 Å². The van der Waals surface area contributed by atoms with Crippen molar-refractivity contribution in [3.63, 3.8) is 0 Å². The zero-order valence-electron chi connectivity index (χ0n) is 16.9. The lowest BCUT2D eigenvalue weighted by atomic mass is 9.98. The largest absolute Gasteiger partial charge is 0.344 e. The van der Waals surface area contributed by atoms with Crippen molar-refractivity contribution < 1.29 is 4.79 Å². The zero-order valence-corrected chi connectivity index (χ0v) is 17.8. The van der Waals surface area contributed by atoms with Gasteiger partial charge >= 0.3 is 0 Å². The monoisotopic (exact) mass is 392 g/mol. The van der Waals surface area contributed by atoms with Gasteiger partial charge in [-0.05, 0) is 75.9 Å². The van der Waals surface area contributed by atoms with Crippen LogP contribution in [-0.4, -0.2) is 41.6 Å². The summed E-state index contributed by atoms with van der Waals surface area (Å²) in [7, 11) is 2.21. The number of rotatable bonds is 5. The van der Waals surface area contributed by atoms with Crippen molar-refractivity contribution in [2.75, 3.05) is 26.4 Å². The van der Waals surface area contributed by atoms with Crippen LogP contribution in [0.5, 0.6) is 0 Å². The number of aromatic nitrogens is 1. The predicted molar refractivity (Wildman–Crippen MR) is 119 cm³/mol. The first-order chi connectivity index (χ1) is 13.6. The van der Waals surface area contributed by atoms with Gasteiger partial charge in [0.2, 0.25) is 0 Å². The second-order valence-electron chi connectivity index (χ2n) is 7.92. The molecule has 1 aromatic heterocycles. The molecule has 4 heteroatoms. The van der Waals surface area contributed by atoms with Gasteiger partial charge in [-0.25, -0.2) is 0 Å². The molecule has 2 heterocycles. The number of ketones is 1. The molecule has 0 bridgehead atoms. The smallest absolute Gasteiger partial charge is 0.195 e. The molecular weight excluding hydrogens is 364 g/mol. The topological polar surface area (TPSA) is 25.2 Å². The van der Waals surface area contributed by atoms with E-state index in [1.807, 2.05) is 30.3 Å². The standard InChI is InChI=1S/C24H28N2OS/c1-17-23(24(27)19-10-12-20(28-3)13-11-19)21-8-4-5-9-22(21)26(17)16-18-7-6-14-25(2)15-18/h4-5,8-13,18H,6-7,14-16H2,1-3H3. The Morgan fingerprint density at radius 1 is 1.14 bits per heavy atom. The first kappa shape index (κ1) is 19.3. The molecule has 1 unspecified atom stereocenters. The number of hydrogen-bond donors (Lipinski definition) is 0. The Labute approximate surface area is 171 Å². The average Bonchev–Trinajstić information content (AvgIpc) is 2.99. The van der Waals surface area contributed by atoms with Crippen LogP contribution in [0.25, 0.3) is 10.9 Å². The van der Waals surface area contributed by atoms with E-state index in [2.05, 4.69) is 47.9 Å². The van der Waals surface area contributed by atoms with Crippen LogP contribution in [0.3, 0.4) is 0 Å². The van der Waals surface area contributed by atoms with Crippen molar-refractivity contribution in [2.45, 2.75) is 31.2 Å². The number of hydrogen-bond acceptors (Lipinski definition) is 3. The fourth-order valence-corrected chi connectivity index (χ4v) is 4.93. The molecule has 1 fully saturated rings. The number of piperidine rings is 1. The van der Waals surface area contributed by atoms with Crippen LogP contribution in [0, 0.1) is 12.8 Å². The molecule has 28 heavy (non-hydrogen) atoms. The molecule has 0 amide bonds. The van der Waals surface area contributed by atoms with Crippen LogP contribution in [0.15, 0.2) is 53.4 Å². The molecular formula is C24H28N2OS. The number of para-hydroxylation sites is 1. The lowest BCUT2D eigenvalue weighted by Crippen LogP contribution is -2.34. The molecule has 0 radical (unpaired) electrons. The number of carbonyl (C=O) groups is 1. The minimum atomic E-state index is 0.126. The van der Waals surface area contributed by atoms with Crippen molar-refractivity contribution in [3.8, 4) is 0 Å². The first-order valence-electron chi connectivity index (χ1n) is 10.0. The summed E-state index contributed by atoms with van der Waals surface area (Å²) in [4.78, 5) is 17.0. The maximum atomic E-state index is 13.4. The molecule has 0 spiro atoms. The third kappa shape index (κ3) is 3.63. The first-order valence-corrected chi connectivity index (χ1v) is 11.3. The Kier molecular flexibility index (Phi) is 5.61. The van der Waals surface area contributed by atoms with E-state index in [-0.39, 0.29) is 5.78 Å². The van der Waals surface area contributed by atoms with Crippen molar-refractivity contribution >= 4 is 28.4 Å². The van der Waals surface area contributed by atoms with Gasteiger partial charge in [-0.15, -0.1) is 11.8 Å². The molecule has 0 aliphatic carbocycles. The molecule has 1 saturated heterocycles. The zero-order chi connectivity index (χ0) is 19.7. The van der Waals surface area contributed by atoms with Gasteiger partial charge in [0, 0.05) is 40.1 Å². The summed E-state index contributed by atoms with van der Waals surface area (Å²) in [6, 6.07) is 16.3. The maximum absolute atomic E-state index is 13.4. The Morgan fingerprint density at radius 3 is 2.61 bits per heavy atom. The molecule has 1 atom stereocenters. The van der Waals surface area contributed by atoms with Gasteiger partial charge in [-0.1, -0.05) is 18.2 Å². The van der Waals surface area contributed by atoms with Crippen molar-refractivity contribution in [1.29, 1.82) is 0 Å². The second kappa shape index (κ2) is 8.14. The summed E-state index contributed by atoms with van der Waals surface area (Å²) in [5.41, 5.74) is 3.89. The van der Waals surface area contributed by atoms with E-state index in [0.29, 0.717) is 5.92 Å². The highest BCUT2D eigenvalue weighted by Gasteiger charge is 2.24. The predicted octanol–water partition coefficient (Wildman–Crippen LogP) is 5.24. The van der Waals surface area contributed by atoms with Crippen LogP contribution < -0.4 is 0 Å². The maximum Gasteiger partial charge on any atom is 0.195 e. The van der Waals surface area contributed by atoms with Crippen LogP contribution >= 0.6 is 11.8 Å². The number of thioether (sulfide) groups is 1. The number of nitrogens with zero attached hydrogens (tertiary/aromatic N) is 2. The van der Waals surface area contributed by atoms with E-state index < -0.39 is 0 Å². The number of fused-ring (bicyclic) bond motifs is 1. The second-order valence-corrected chi connectivity index (χ2v) is 8.80. The van der Waals surface area contributed by atoms with E-state index in [0.717, 1.165) is 35.3 Å². The lowest BCUT2D eigenvalue weighted by molar-refractivity contribution is 0.103. The average molecular weight is 393 g/mol. The van der Waals surface area contributed by atoms with Gasteiger partial charge in [-0.2, -0.15) is 0 Å². The highest BCUT2D eigenvalue weighted by atomic mass is 32.2. The van der Waals surface area contributed by atoms with Crippen molar-refractivity contribution in [1.82, 2.24) is 9.47 Å². The molecule has 146 valence electrons. The highest BCUT2D eigenvalue weighted by Crippen LogP contribution is 2.30. The number of carbonyl (C=O) groups excluding carboxylic acids is 1. The van der Waals surface area contributed by atoms with Gasteiger partial charge in [0.15, 0.2) is 5.78 Å². The minimum Gasteiger partial charge on any atom is -0.344 e. The van der Waals surface area contributed by atoms with Gasteiger partial charge in [-0.3, -0.25) is 4.79 Å². The highest BCUT2D eigenvalue weighted by molar-refractivity contribution is 7.98. The SMILES string of the molecule is CSc1ccc(C(=O)c2c(C)n(CC3CCCN(C)C3)c3ccccc23)cc1. The summed E-state index contributed by atoms with van der Waals surface area (Å²) >= 11 is 1.70. The molecule has 1 aliphatic rings. The van der Waals surface area contributed by atoms with Crippen molar-refractivity contribution in [3.05, 3.63) is 65.4 Å². The Bertz CT molecular complexity index is 990. The van der Waals surface area contributed by atoms with Crippen LogP contribution in [-0.2, 0) is 6.54 Å². The third-order valence-electron chi connectivity index (χ3n) is 5.97. The van der Waals surface area contributed by atoms with E-state index in [9.17, 15) is 4.79 Å². The summed E-state index contributed by atoms with van der Waals surface area (Å²) in [5.74, 6) is 0.762. The van der Waals surface area contributed by atoms with Crippen LogP contribution in [0.2, 0.25) is 0 Å². The van der Waals surface area contributed by atoms with Crippen LogP contribution in [0.1, 0.15) is 34.5 Å². The molecule has 3 nitrogen and oxygen atoms in total. The summed E-state index contributed by atoms with van der Waals surface area (Å²) in [6.07, 6.45) is 4.57. The van der Waals surface area contributed by atoms with E-state index in [4.69, 9.17) is 0 Å². The van der Waals surface area contributed by atoms with Gasteiger partial charge in [0.1, 0.15) is 0 Å². The molecule has 3 aromatic rings. The Morgan fingerprint density at radius 2 is 1.89 bits per heavy atom. The number of benzene rings is 2. The third-order valence-corrected chi connectivity index (χ3v) is 6.72. The Hall–Kier alpha value is -2.04. The van der Waals surface area contributed by atoms with Gasteiger partial charge < -0.3 is 9.47 Å². The van der Waals surface area contributed by atoms with E-state index in [1.54, 1.807) is 11.8 Å². The summed E-state index contributed by atoms with van der Waals surface area (Å²) in [6.45, 7) is 5.41. The lowest BCUT2D eigenvalue weighted by Gasteiger charge is -2.30. The van der Waals surface area contributed by atoms with E-state index >= 15 is 0 Å². The molecule has 4 rings (SSSR count). The molecule has 0 N–H and O–H groups in total. The quantitative estimate of drug-likeness (QED) is 0.438. The molecule has 0 saturated carbocycles. The summed E-state index contributed by atoms with van der Waals surface area (Å²) in [5, 5.41) is 1.07. The van der Waals surface area contributed by atoms with Gasteiger partial charge in [0.05, 0.1) is 5.56 Å². The molecule has 1 aliphatic heterocycles. The Balaban J connectivity index is 1.74. The van der Waals surface area contributed by atoms with Crippen molar-refractivity contribution in [2.24, 2.45) is 5.92 Å². The normalized spacial score (nSPS) is 17.9. The van der Waals surface area contributed by atoms with Gasteiger partial charge in [0.25, 0.3) is 0 Å². The van der Waals surface area contributed by atoms with E-state index in [1.165, 1.54) is 29.8 Å². The number of likely N-dealkylation sites (tertiary alicyclic amines) is 1. The summed E-state index contributed by atoms with van der Waals surface area (Å²) < 4.78 is 2.38. The fraction of sp³-hybridized carbons (Fsp3) is 0.375.